The van der Waals surface area contributed by atoms with Gasteiger partial charge in [0.1, 0.15) is 0 Å². The van der Waals surface area contributed by atoms with Crippen molar-refractivity contribution in [3.05, 3.63) is 65.5 Å². The number of aryl methyl sites for hydroxylation is 1. The number of rotatable bonds is 5. The lowest BCUT2D eigenvalue weighted by atomic mass is 10.1. The number of anilines is 1. The molecule has 1 aromatic carbocycles. The molecule has 7 nitrogen and oxygen atoms in total. The van der Waals surface area contributed by atoms with Gasteiger partial charge >= 0.3 is 5.97 Å². The van der Waals surface area contributed by atoms with E-state index >= 15 is 0 Å². The summed E-state index contributed by atoms with van der Waals surface area (Å²) in [4.78, 5) is 24.8. The number of ether oxygens (including phenoxy) is 2. The summed E-state index contributed by atoms with van der Waals surface area (Å²) in [6.45, 7) is 1.84. The molecule has 2 aromatic rings. The Bertz CT molecular complexity index is 865. The number of para-hydroxylation sites is 1. The van der Waals surface area contributed by atoms with Crippen molar-refractivity contribution in [2.45, 2.75) is 6.92 Å². The van der Waals surface area contributed by atoms with Crippen molar-refractivity contribution in [3.8, 4) is 0 Å². The maximum absolute atomic E-state index is 12.6. The molecule has 0 radical (unpaired) electrons. The van der Waals surface area contributed by atoms with Gasteiger partial charge in [0, 0.05) is 24.5 Å². The average molecular weight is 339 g/mol. The molecule has 1 aliphatic heterocycles. The Balaban J connectivity index is 1.93. The zero-order chi connectivity index (χ0) is 17.8. The third kappa shape index (κ3) is 3.60. The van der Waals surface area contributed by atoms with Crippen LogP contribution in [0, 0.1) is 0 Å². The van der Waals surface area contributed by atoms with Crippen molar-refractivity contribution in [1.82, 2.24) is 9.78 Å². The van der Waals surface area contributed by atoms with Crippen molar-refractivity contribution >= 4 is 23.5 Å². The predicted octanol–water partition coefficient (Wildman–Crippen LogP) is 2.25. The van der Waals surface area contributed by atoms with Gasteiger partial charge in [0.05, 0.1) is 12.8 Å². The molecule has 0 spiro atoms. The minimum atomic E-state index is -0.722. The number of nitrogens with zero attached hydrogens (tertiary/aromatic N) is 2. The smallest absolute Gasteiger partial charge is 0.347 e. The Morgan fingerprint density at radius 3 is 2.76 bits per heavy atom. The van der Waals surface area contributed by atoms with Crippen molar-refractivity contribution in [1.29, 1.82) is 0 Å². The topological polar surface area (TPSA) is 82.4 Å². The molecule has 0 saturated heterocycles. The molecule has 2 heterocycles. The summed E-state index contributed by atoms with van der Waals surface area (Å²) >= 11 is 0. The van der Waals surface area contributed by atoms with E-state index in [1.54, 1.807) is 43.2 Å². The van der Waals surface area contributed by atoms with E-state index in [2.05, 4.69) is 10.4 Å². The molecule has 7 heteroatoms. The fourth-order valence-corrected chi connectivity index (χ4v) is 2.32. The van der Waals surface area contributed by atoms with Gasteiger partial charge in [-0.1, -0.05) is 18.2 Å². The lowest BCUT2D eigenvalue weighted by Crippen LogP contribution is -2.16. The van der Waals surface area contributed by atoms with E-state index in [-0.39, 0.29) is 23.8 Å². The highest BCUT2D eigenvalue weighted by Gasteiger charge is 2.37. The molecule has 1 aliphatic rings. The van der Waals surface area contributed by atoms with Gasteiger partial charge in [0.25, 0.3) is 0 Å². The molecular formula is C18H17N3O4. The van der Waals surface area contributed by atoms with Gasteiger partial charge < -0.3 is 14.8 Å². The molecule has 0 aliphatic carbocycles. The van der Waals surface area contributed by atoms with E-state index in [1.807, 2.05) is 18.2 Å². The monoisotopic (exact) mass is 339 g/mol. The van der Waals surface area contributed by atoms with Crippen molar-refractivity contribution in [2.75, 3.05) is 11.9 Å². The molecule has 128 valence electrons. The number of hydrogen-bond acceptors (Lipinski definition) is 6. The number of nitrogens with one attached hydrogen (secondary N) is 1. The number of Topliss-reactive ketones (excluding diaryl/α,β-unsaturated/α-hetero) is 1. The lowest BCUT2D eigenvalue weighted by molar-refractivity contribution is -0.139. The molecular weight excluding hydrogens is 322 g/mol. The number of allylic oxidation sites excluding steroid dienone is 1. The van der Waals surface area contributed by atoms with Crippen molar-refractivity contribution in [2.24, 2.45) is 7.05 Å². The Morgan fingerprint density at radius 2 is 2.12 bits per heavy atom. The van der Waals surface area contributed by atoms with Crippen LogP contribution in [0.2, 0.25) is 0 Å². The van der Waals surface area contributed by atoms with Crippen molar-refractivity contribution in [3.63, 3.8) is 0 Å². The van der Waals surface area contributed by atoms with E-state index in [4.69, 9.17) is 9.47 Å². The zero-order valence-corrected chi connectivity index (χ0v) is 13.9. The number of aromatic nitrogens is 2. The Morgan fingerprint density at radius 1 is 1.36 bits per heavy atom. The number of carbonyl (C=O) groups excluding carboxylic acids is 2. The standard InChI is InChI=1S/C18H17N3O4/c1-3-24-18(23)15-16(22)14(9-12-10-19-21(2)11-12)25-17(15)20-13-7-5-4-6-8-13/h4-11,20H,3H2,1-2H3. The summed E-state index contributed by atoms with van der Waals surface area (Å²) in [6, 6.07) is 9.12. The minimum Gasteiger partial charge on any atom is -0.462 e. The first-order valence-corrected chi connectivity index (χ1v) is 7.75. The van der Waals surface area contributed by atoms with Crippen LogP contribution in [-0.4, -0.2) is 28.1 Å². The lowest BCUT2D eigenvalue weighted by Gasteiger charge is -2.08. The second kappa shape index (κ2) is 7.04. The molecule has 0 amide bonds. The number of benzene rings is 1. The SMILES string of the molecule is CCOC(=O)C1=C(Nc2ccccc2)OC(=Cc2cnn(C)c2)C1=O. The number of esters is 1. The van der Waals surface area contributed by atoms with Crippen LogP contribution in [0.3, 0.4) is 0 Å². The fraction of sp³-hybridized carbons (Fsp3) is 0.167. The molecule has 25 heavy (non-hydrogen) atoms. The summed E-state index contributed by atoms with van der Waals surface area (Å²) < 4.78 is 12.2. The summed E-state index contributed by atoms with van der Waals surface area (Å²) in [6.07, 6.45) is 4.86. The summed E-state index contributed by atoms with van der Waals surface area (Å²) in [7, 11) is 1.77. The third-order valence-electron chi connectivity index (χ3n) is 3.42. The molecule has 0 fully saturated rings. The number of carbonyl (C=O) groups is 2. The van der Waals surface area contributed by atoms with E-state index in [0.717, 1.165) is 0 Å². The highest BCUT2D eigenvalue weighted by Crippen LogP contribution is 2.28. The minimum absolute atomic E-state index is 0.0366. The molecule has 0 atom stereocenters. The van der Waals surface area contributed by atoms with Gasteiger partial charge in [-0.3, -0.25) is 9.48 Å². The van der Waals surface area contributed by atoms with Crippen LogP contribution in [0.15, 0.2) is 59.9 Å². The van der Waals surface area contributed by atoms with Gasteiger partial charge in [-0.2, -0.15) is 5.10 Å². The van der Waals surface area contributed by atoms with E-state index < -0.39 is 11.8 Å². The van der Waals surface area contributed by atoms with Crippen LogP contribution in [0.5, 0.6) is 0 Å². The van der Waals surface area contributed by atoms with Crippen LogP contribution in [0.4, 0.5) is 5.69 Å². The summed E-state index contributed by atoms with van der Waals surface area (Å²) in [5.41, 5.74) is 1.23. The van der Waals surface area contributed by atoms with Gasteiger partial charge in [-0.15, -0.1) is 0 Å². The van der Waals surface area contributed by atoms with Gasteiger partial charge in [0.2, 0.25) is 11.7 Å². The molecule has 0 saturated carbocycles. The second-order valence-corrected chi connectivity index (χ2v) is 5.30. The first-order chi connectivity index (χ1) is 12.1. The molecule has 1 aromatic heterocycles. The molecule has 0 bridgehead atoms. The number of ketones is 1. The largest absolute Gasteiger partial charge is 0.462 e. The van der Waals surface area contributed by atoms with E-state index in [1.165, 1.54) is 6.08 Å². The fourth-order valence-electron chi connectivity index (χ4n) is 2.32. The summed E-state index contributed by atoms with van der Waals surface area (Å²) in [5, 5.41) is 6.99. The summed E-state index contributed by atoms with van der Waals surface area (Å²) in [5.74, 6) is -1.15. The molecule has 1 N–H and O–H groups in total. The van der Waals surface area contributed by atoms with Crippen molar-refractivity contribution < 1.29 is 19.1 Å². The Hall–Kier alpha value is -3.35. The highest BCUT2D eigenvalue weighted by molar-refractivity contribution is 6.26. The highest BCUT2D eigenvalue weighted by atomic mass is 16.5. The van der Waals surface area contributed by atoms with Crippen LogP contribution < -0.4 is 5.32 Å². The maximum atomic E-state index is 12.6. The van der Waals surface area contributed by atoms with E-state index in [0.29, 0.717) is 11.3 Å². The first-order valence-electron chi connectivity index (χ1n) is 7.75. The second-order valence-electron chi connectivity index (χ2n) is 5.30. The van der Waals surface area contributed by atoms with Crippen LogP contribution >= 0.6 is 0 Å². The average Bonchev–Trinajstić information content (AvgIpc) is 3.13. The molecule has 0 unspecified atom stereocenters. The van der Waals surface area contributed by atoms with Gasteiger partial charge in [-0.25, -0.2) is 4.79 Å². The normalized spacial score (nSPS) is 15.4. The maximum Gasteiger partial charge on any atom is 0.347 e. The van der Waals surface area contributed by atoms with Gasteiger partial charge in [0.15, 0.2) is 11.3 Å². The Labute approximate surface area is 144 Å². The van der Waals surface area contributed by atoms with Crippen LogP contribution in [-0.2, 0) is 26.1 Å². The zero-order valence-electron chi connectivity index (χ0n) is 13.9. The third-order valence-corrected chi connectivity index (χ3v) is 3.42. The van der Waals surface area contributed by atoms with Crippen LogP contribution in [0.1, 0.15) is 12.5 Å². The van der Waals surface area contributed by atoms with Crippen LogP contribution in [0.25, 0.3) is 6.08 Å². The quantitative estimate of drug-likeness (QED) is 0.511. The first kappa shape index (κ1) is 16.5. The van der Waals surface area contributed by atoms with Gasteiger partial charge in [-0.05, 0) is 25.1 Å². The molecule has 3 rings (SSSR count). The number of hydrogen-bond donors (Lipinski definition) is 1. The van der Waals surface area contributed by atoms with E-state index in [9.17, 15) is 9.59 Å². The predicted molar refractivity (Wildman–Crippen MR) is 91.0 cm³/mol. The Kier molecular flexibility index (Phi) is 4.65.